The first-order valence-electron chi connectivity index (χ1n) is 11.3. The highest BCUT2D eigenvalue weighted by Gasteiger charge is 2.25. The van der Waals surface area contributed by atoms with Crippen molar-refractivity contribution in [1.82, 2.24) is 5.32 Å². The maximum atomic E-state index is 12.8. The monoisotopic (exact) mass is 487 g/mol. The minimum atomic E-state index is -3.70. The van der Waals surface area contributed by atoms with Crippen LogP contribution in [0.1, 0.15) is 49.3 Å². The minimum absolute atomic E-state index is 0.0185. The third-order valence-electron chi connectivity index (χ3n) is 5.27. The molecule has 4 N–H and O–H groups in total. The molecule has 9 heteroatoms. The number of aryl methyl sites for hydroxylation is 2. The summed E-state index contributed by atoms with van der Waals surface area (Å²) in [6, 6.07) is 13.0. The fourth-order valence-electron chi connectivity index (χ4n) is 3.44. The van der Waals surface area contributed by atoms with Crippen LogP contribution in [0, 0.1) is 12.3 Å². The van der Waals surface area contributed by atoms with Crippen LogP contribution in [0.3, 0.4) is 0 Å². The van der Waals surface area contributed by atoms with Gasteiger partial charge in [-0.05, 0) is 50.8 Å². The number of amides is 1. The van der Waals surface area contributed by atoms with E-state index in [0.29, 0.717) is 12.0 Å². The van der Waals surface area contributed by atoms with E-state index in [1.54, 1.807) is 31.2 Å². The molecule has 0 aliphatic heterocycles. The molecule has 2 aromatic carbocycles. The highest BCUT2D eigenvalue weighted by molar-refractivity contribution is 7.91. The lowest BCUT2D eigenvalue weighted by molar-refractivity contribution is -0.143. The Bertz CT molecular complexity index is 1080. The average Bonchev–Trinajstić information content (AvgIpc) is 2.77. The number of nitrogen functional groups attached to an aromatic ring is 1. The molecule has 0 bridgehead atoms. The number of hydrogen-bond acceptors (Lipinski definition) is 6. The Morgan fingerprint density at radius 3 is 2.29 bits per heavy atom. The lowest BCUT2D eigenvalue weighted by atomic mass is 10.0. The van der Waals surface area contributed by atoms with Crippen LogP contribution in [-0.2, 0) is 30.6 Å². The van der Waals surface area contributed by atoms with Gasteiger partial charge >= 0.3 is 5.97 Å². The molecule has 0 aromatic heterocycles. The molecule has 0 aliphatic carbocycles. The maximum Gasteiger partial charge on any atom is 0.307 e. The molecule has 0 spiro atoms. The van der Waals surface area contributed by atoms with E-state index in [1.165, 1.54) is 12.1 Å². The second kappa shape index (κ2) is 12.9. The molecule has 0 aliphatic rings. The van der Waals surface area contributed by atoms with Gasteiger partial charge in [-0.3, -0.25) is 15.0 Å². The highest BCUT2D eigenvalue weighted by atomic mass is 32.2. The van der Waals surface area contributed by atoms with E-state index in [0.717, 1.165) is 24.0 Å². The van der Waals surface area contributed by atoms with Gasteiger partial charge in [-0.1, -0.05) is 42.0 Å². The van der Waals surface area contributed by atoms with Crippen LogP contribution in [0.4, 0.5) is 0 Å². The van der Waals surface area contributed by atoms with Crippen molar-refractivity contribution in [2.75, 3.05) is 12.4 Å². The fourth-order valence-corrected chi connectivity index (χ4v) is 4.92. The van der Waals surface area contributed by atoms with Gasteiger partial charge in [0.15, 0.2) is 9.84 Å². The van der Waals surface area contributed by atoms with Crippen molar-refractivity contribution in [2.45, 2.75) is 56.9 Å². The van der Waals surface area contributed by atoms with Crippen molar-refractivity contribution in [3.05, 3.63) is 65.2 Å². The number of ether oxygens (including phenoxy) is 1. The first kappa shape index (κ1) is 27.0. The molecule has 0 heterocycles. The third kappa shape index (κ3) is 8.97. The second-order valence-corrected chi connectivity index (χ2v) is 10.2. The summed E-state index contributed by atoms with van der Waals surface area (Å²) in [6.07, 6.45) is 2.14. The fraction of sp³-hybridized carbons (Fsp3) is 0.400. The summed E-state index contributed by atoms with van der Waals surface area (Å²) >= 11 is 0. The van der Waals surface area contributed by atoms with E-state index >= 15 is 0 Å². The molecule has 2 rings (SSSR count). The van der Waals surface area contributed by atoms with Gasteiger partial charge in [-0.25, -0.2) is 8.42 Å². The van der Waals surface area contributed by atoms with E-state index in [2.05, 4.69) is 5.32 Å². The Balaban J connectivity index is 1.92. The van der Waals surface area contributed by atoms with Gasteiger partial charge in [-0.2, -0.15) is 0 Å². The van der Waals surface area contributed by atoms with Crippen molar-refractivity contribution in [3.63, 3.8) is 0 Å². The van der Waals surface area contributed by atoms with Crippen LogP contribution >= 0.6 is 0 Å². The lowest BCUT2D eigenvalue weighted by Crippen LogP contribution is -2.41. The van der Waals surface area contributed by atoms with E-state index in [-0.39, 0.29) is 41.8 Å². The smallest absolute Gasteiger partial charge is 0.307 e. The molecule has 0 saturated carbocycles. The molecule has 184 valence electrons. The number of rotatable bonds is 13. The van der Waals surface area contributed by atoms with E-state index in [9.17, 15) is 18.0 Å². The summed E-state index contributed by atoms with van der Waals surface area (Å²) in [6.45, 7) is 3.71. The van der Waals surface area contributed by atoms with E-state index in [4.69, 9.17) is 15.9 Å². The molecule has 1 unspecified atom stereocenters. The van der Waals surface area contributed by atoms with Crippen LogP contribution in [0.2, 0.25) is 0 Å². The number of carbonyl (C=O) groups excluding carboxylic acids is 2. The van der Waals surface area contributed by atoms with Crippen LogP contribution in [0.25, 0.3) is 0 Å². The molecule has 34 heavy (non-hydrogen) atoms. The third-order valence-corrected chi connectivity index (χ3v) is 7.10. The Morgan fingerprint density at radius 2 is 1.71 bits per heavy atom. The number of benzene rings is 2. The molecule has 0 saturated heterocycles. The number of unbranched alkanes of at least 4 members (excludes halogenated alkanes) is 1. The van der Waals surface area contributed by atoms with Gasteiger partial charge < -0.3 is 15.8 Å². The SMILES string of the molecule is CCOC(=O)CC(CS(=O)(=O)c1ccc(C)cc1)NC(=O)CCCCc1ccc(C(=N)N)cc1. The van der Waals surface area contributed by atoms with Gasteiger partial charge in [0, 0.05) is 12.0 Å². The largest absolute Gasteiger partial charge is 0.466 e. The van der Waals surface area contributed by atoms with Crippen molar-refractivity contribution in [2.24, 2.45) is 5.73 Å². The second-order valence-electron chi connectivity index (χ2n) is 8.19. The number of hydrogen-bond donors (Lipinski definition) is 3. The summed E-state index contributed by atoms with van der Waals surface area (Å²) in [4.78, 5) is 24.6. The van der Waals surface area contributed by atoms with Gasteiger partial charge in [0.05, 0.1) is 29.7 Å². The lowest BCUT2D eigenvalue weighted by Gasteiger charge is -2.18. The topological polar surface area (TPSA) is 139 Å². The van der Waals surface area contributed by atoms with Crippen LogP contribution in [-0.4, -0.2) is 44.5 Å². The number of esters is 1. The number of nitrogens with one attached hydrogen (secondary N) is 2. The summed E-state index contributed by atoms with van der Waals surface area (Å²) in [5.41, 5.74) is 8.13. The number of sulfone groups is 1. The van der Waals surface area contributed by atoms with Gasteiger partial charge in [0.2, 0.25) is 5.91 Å². The molecule has 0 radical (unpaired) electrons. The molecular weight excluding hydrogens is 454 g/mol. The Labute approximate surface area is 201 Å². The summed E-state index contributed by atoms with van der Waals surface area (Å²) in [7, 11) is -3.70. The predicted octanol–water partition coefficient (Wildman–Crippen LogP) is 2.90. The van der Waals surface area contributed by atoms with Crippen LogP contribution in [0.5, 0.6) is 0 Å². The molecule has 0 fully saturated rings. The number of nitrogens with two attached hydrogens (primary N) is 1. The average molecular weight is 488 g/mol. The minimum Gasteiger partial charge on any atom is -0.466 e. The molecule has 8 nitrogen and oxygen atoms in total. The van der Waals surface area contributed by atoms with Crippen LogP contribution in [0.15, 0.2) is 53.4 Å². The summed E-state index contributed by atoms with van der Waals surface area (Å²) in [5, 5.41) is 10.1. The van der Waals surface area contributed by atoms with Gasteiger partial charge in [0.1, 0.15) is 5.84 Å². The highest BCUT2D eigenvalue weighted by Crippen LogP contribution is 2.15. The molecule has 1 amide bonds. The first-order valence-corrected chi connectivity index (χ1v) is 12.9. The van der Waals surface area contributed by atoms with Crippen molar-refractivity contribution in [1.29, 1.82) is 5.41 Å². The van der Waals surface area contributed by atoms with E-state index < -0.39 is 21.8 Å². The van der Waals surface area contributed by atoms with Crippen LogP contribution < -0.4 is 11.1 Å². The zero-order valence-electron chi connectivity index (χ0n) is 19.7. The quantitative estimate of drug-likeness (QED) is 0.172. The Hall–Kier alpha value is -3.20. The van der Waals surface area contributed by atoms with E-state index in [1.807, 2.05) is 19.1 Å². The Kier molecular flexibility index (Phi) is 10.2. The molecular formula is C25H33N3O5S. The van der Waals surface area contributed by atoms with Crippen molar-refractivity contribution >= 4 is 27.5 Å². The van der Waals surface area contributed by atoms with Crippen molar-refractivity contribution in [3.8, 4) is 0 Å². The zero-order chi connectivity index (χ0) is 25.1. The molecule has 2 aromatic rings. The first-order chi connectivity index (χ1) is 16.1. The predicted molar refractivity (Wildman–Crippen MR) is 131 cm³/mol. The van der Waals surface area contributed by atoms with Gasteiger partial charge in [0.25, 0.3) is 0 Å². The summed E-state index contributed by atoms with van der Waals surface area (Å²) in [5.74, 6) is -1.23. The number of carbonyl (C=O) groups is 2. The standard InChI is InChI=1S/C25H33N3O5S/c1-3-33-24(30)16-21(17-34(31,32)22-14-8-18(2)9-15-22)28-23(29)7-5-4-6-19-10-12-20(13-11-19)25(26)27/h8-15,21H,3-7,16-17H2,1-2H3,(H3,26,27)(H,28,29). The zero-order valence-corrected chi connectivity index (χ0v) is 20.5. The molecule has 1 atom stereocenters. The maximum absolute atomic E-state index is 12.8. The Morgan fingerprint density at radius 1 is 1.06 bits per heavy atom. The van der Waals surface area contributed by atoms with Crippen molar-refractivity contribution < 1.29 is 22.7 Å². The normalized spacial score (nSPS) is 12.1. The van der Waals surface area contributed by atoms with Gasteiger partial charge in [-0.15, -0.1) is 0 Å². The number of amidine groups is 1. The summed E-state index contributed by atoms with van der Waals surface area (Å²) < 4.78 is 30.6.